The first-order chi connectivity index (χ1) is 15.1. The number of nitrogen functional groups attached to an aromatic ring is 1. The lowest BCUT2D eigenvalue weighted by atomic mass is 9.95. The highest BCUT2D eigenvalue weighted by atomic mass is 16.1. The summed E-state index contributed by atoms with van der Waals surface area (Å²) in [5.74, 6) is -0.403. The van der Waals surface area contributed by atoms with Crippen LogP contribution < -0.4 is 5.73 Å². The molecule has 3 heterocycles. The Hall–Kier alpha value is -4.45. The van der Waals surface area contributed by atoms with Gasteiger partial charge in [0.1, 0.15) is 5.82 Å². The number of nitrogens with two attached hydrogens (primary N) is 1. The van der Waals surface area contributed by atoms with Gasteiger partial charge < -0.3 is 15.7 Å². The molecule has 0 saturated heterocycles. The number of pyridine rings is 1. The molecule has 0 aliphatic carbocycles. The van der Waals surface area contributed by atoms with Crippen LogP contribution in [0, 0.1) is 0 Å². The number of benzene rings is 2. The number of nitrogens with zero attached hydrogens (tertiary/aromatic N) is 1. The molecule has 31 heavy (non-hydrogen) atoms. The number of hydrogen-bond acceptors (Lipinski definition) is 4. The van der Waals surface area contributed by atoms with Crippen molar-refractivity contribution in [3.8, 4) is 11.3 Å². The number of aromatic amines is 2. The Balaban J connectivity index is 1.73. The molecule has 6 nitrogen and oxygen atoms in total. The van der Waals surface area contributed by atoms with Crippen molar-refractivity contribution < 1.29 is 9.59 Å². The number of rotatable bonds is 5. The predicted octanol–water partition coefficient (Wildman–Crippen LogP) is 4.60. The number of ketones is 2. The van der Waals surface area contributed by atoms with Crippen molar-refractivity contribution in [2.24, 2.45) is 0 Å². The zero-order valence-electron chi connectivity index (χ0n) is 16.4. The lowest BCUT2D eigenvalue weighted by Crippen LogP contribution is -2.07. The zero-order valence-corrected chi connectivity index (χ0v) is 16.4. The van der Waals surface area contributed by atoms with Crippen LogP contribution >= 0.6 is 0 Å². The molecule has 0 aliphatic rings. The summed E-state index contributed by atoms with van der Waals surface area (Å²) < 4.78 is 0. The fraction of sp³-hybridized carbons (Fsp3) is 0. The van der Waals surface area contributed by atoms with E-state index in [1.807, 2.05) is 36.4 Å². The number of anilines is 1. The molecule has 3 aromatic heterocycles. The van der Waals surface area contributed by atoms with Gasteiger partial charge in [0.05, 0.1) is 17.0 Å². The Bertz CT molecular complexity index is 1420. The van der Waals surface area contributed by atoms with Gasteiger partial charge in [-0.2, -0.15) is 0 Å². The number of carbonyl (C=O) groups excluding carboxylic acids is 2. The number of nitrogens with one attached hydrogen (secondary N) is 2. The second-order valence-corrected chi connectivity index (χ2v) is 7.15. The summed E-state index contributed by atoms with van der Waals surface area (Å²) in [5, 5.41) is 0.788. The highest BCUT2D eigenvalue weighted by molar-refractivity contribution is 6.24. The van der Waals surface area contributed by atoms with Crippen LogP contribution in [0.5, 0.6) is 0 Å². The average Bonchev–Trinajstić information content (AvgIpc) is 3.40. The average molecular weight is 406 g/mol. The number of hydrogen-bond donors (Lipinski definition) is 3. The summed E-state index contributed by atoms with van der Waals surface area (Å²) in [5.41, 5.74) is 9.49. The molecular formula is C25H18N4O2. The first kappa shape index (κ1) is 18.6. The Kier molecular flexibility index (Phi) is 4.45. The van der Waals surface area contributed by atoms with E-state index in [4.69, 9.17) is 5.73 Å². The van der Waals surface area contributed by atoms with Crippen molar-refractivity contribution in [3.05, 3.63) is 108 Å². The van der Waals surface area contributed by atoms with E-state index in [9.17, 15) is 9.59 Å². The van der Waals surface area contributed by atoms with Crippen LogP contribution in [0.1, 0.15) is 32.0 Å². The molecule has 6 heteroatoms. The van der Waals surface area contributed by atoms with E-state index >= 15 is 0 Å². The first-order valence-electron chi connectivity index (χ1n) is 9.78. The molecule has 5 aromatic rings. The smallest absolute Gasteiger partial charge is 0.209 e. The first-order valence-corrected chi connectivity index (χ1v) is 9.78. The van der Waals surface area contributed by atoms with Gasteiger partial charge in [0, 0.05) is 40.0 Å². The molecular weight excluding hydrogens is 388 g/mol. The Labute approximate surface area is 177 Å². The Morgan fingerprint density at radius 3 is 2.35 bits per heavy atom. The van der Waals surface area contributed by atoms with E-state index in [1.165, 1.54) is 0 Å². The van der Waals surface area contributed by atoms with Crippen LogP contribution in [0.15, 0.2) is 85.2 Å². The standard InChI is InChI=1S/C25H18N4O2/c26-25-21(24(31)17-14-28-18-11-5-4-10-16(17)18)20(19-12-6-7-13-27-19)22(29-25)23(30)15-8-2-1-3-9-15/h1-14,28-29H,26H2. The molecule has 0 atom stereocenters. The van der Waals surface area contributed by atoms with Crippen molar-refractivity contribution in [3.63, 3.8) is 0 Å². The number of fused-ring (bicyclic) bond motifs is 1. The number of H-pyrrole nitrogens is 2. The third-order valence-corrected chi connectivity index (χ3v) is 5.27. The topological polar surface area (TPSA) is 105 Å². The summed E-state index contributed by atoms with van der Waals surface area (Å²) in [4.78, 5) is 37.4. The second kappa shape index (κ2) is 7.42. The highest BCUT2D eigenvalue weighted by Gasteiger charge is 2.29. The summed E-state index contributed by atoms with van der Waals surface area (Å²) >= 11 is 0. The summed E-state index contributed by atoms with van der Waals surface area (Å²) in [7, 11) is 0. The molecule has 0 spiro atoms. The lowest BCUT2D eigenvalue weighted by molar-refractivity contribution is 0.103. The van der Waals surface area contributed by atoms with Crippen LogP contribution in [0.3, 0.4) is 0 Å². The predicted molar refractivity (Wildman–Crippen MR) is 120 cm³/mol. The maximum absolute atomic E-state index is 13.6. The van der Waals surface area contributed by atoms with E-state index in [0.29, 0.717) is 22.4 Å². The molecule has 0 fully saturated rings. The fourth-order valence-corrected chi connectivity index (χ4v) is 3.82. The van der Waals surface area contributed by atoms with Gasteiger partial charge in [-0.3, -0.25) is 14.6 Å². The molecule has 0 unspecified atom stereocenters. The molecule has 5 rings (SSSR count). The SMILES string of the molecule is Nc1[nH]c(C(=O)c2ccccc2)c(-c2ccccn2)c1C(=O)c1c[nH]c2ccccc12. The van der Waals surface area contributed by atoms with Crippen LogP contribution in [0.2, 0.25) is 0 Å². The van der Waals surface area contributed by atoms with E-state index in [-0.39, 0.29) is 28.6 Å². The van der Waals surface area contributed by atoms with E-state index in [1.54, 1.807) is 48.8 Å². The van der Waals surface area contributed by atoms with Gasteiger partial charge in [-0.05, 0) is 18.2 Å². The minimum absolute atomic E-state index is 0.134. The fourth-order valence-electron chi connectivity index (χ4n) is 3.82. The van der Waals surface area contributed by atoms with Gasteiger partial charge in [0.25, 0.3) is 0 Å². The summed E-state index contributed by atoms with van der Waals surface area (Å²) in [6, 6.07) is 21.8. The van der Waals surface area contributed by atoms with E-state index in [0.717, 1.165) is 10.9 Å². The molecule has 0 radical (unpaired) electrons. The van der Waals surface area contributed by atoms with Crippen LogP contribution in [-0.4, -0.2) is 26.5 Å². The second-order valence-electron chi connectivity index (χ2n) is 7.15. The maximum atomic E-state index is 13.6. The molecule has 0 amide bonds. The number of aromatic nitrogens is 3. The largest absolute Gasteiger partial charge is 0.385 e. The monoisotopic (exact) mass is 406 g/mol. The van der Waals surface area contributed by atoms with Crippen molar-refractivity contribution in [1.82, 2.24) is 15.0 Å². The molecule has 0 aliphatic heterocycles. The number of para-hydroxylation sites is 1. The van der Waals surface area contributed by atoms with Gasteiger partial charge >= 0.3 is 0 Å². The van der Waals surface area contributed by atoms with Gasteiger partial charge in [0.15, 0.2) is 5.78 Å². The van der Waals surface area contributed by atoms with Gasteiger partial charge in [-0.25, -0.2) is 0 Å². The minimum Gasteiger partial charge on any atom is -0.385 e. The number of carbonyl (C=O) groups is 2. The normalized spacial score (nSPS) is 11.0. The van der Waals surface area contributed by atoms with Gasteiger partial charge in [-0.15, -0.1) is 0 Å². The Morgan fingerprint density at radius 1 is 0.839 bits per heavy atom. The third-order valence-electron chi connectivity index (χ3n) is 5.27. The van der Waals surface area contributed by atoms with E-state index in [2.05, 4.69) is 15.0 Å². The minimum atomic E-state index is -0.279. The molecule has 4 N–H and O–H groups in total. The van der Waals surface area contributed by atoms with Crippen LogP contribution in [0.4, 0.5) is 5.82 Å². The summed E-state index contributed by atoms with van der Waals surface area (Å²) in [6.07, 6.45) is 3.29. The zero-order chi connectivity index (χ0) is 21.4. The molecule has 150 valence electrons. The molecule has 0 saturated carbocycles. The van der Waals surface area contributed by atoms with Crippen molar-refractivity contribution in [2.45, 2.75) is 0 Å². The van der Waals surface area contributed by atoms with Gasteiger partial charge in [-0.1, -0.05) is 54.6 Å². The highest BCUT2D eigenvalue weighted by Crippen LogP contribution is 2.35. The Morgan fingerprint density at radius 2 is 1.58 bits per heavy atom. The maximum Gasteiger partial charge on any atom is 0.209 e. The van der Waals surface area contributed by atoms with E-state index < -0.39 is 0 Å². The van der Waals surface area contributed by atoms with Crippen LogP contribution in [0.25, 0.3) is 22.2 Å². The van der Waals surface area contributed by atoms with Crippen molar-refractivity contribution >= 4 is 28.3 Å². The lowest BCUT2D eigenvalue weighted by Gasteiger charge is -2.07. The molecule has 0 bridgehead atoms. The third kappa shape index (κ3) is 3.11. The summed E-state index contributed by atoms with van der Waals surface area (Å²) in [6.45, 7) is 0. The van der Waals surface area contributed by atoms with Crippen molar-refractivity contribution in [2.75, 3.05) is 5.73 Å². The quantitative estimate of drug-likeness (QED) is 0.371. The molecule has 2 aromatic carbocycles. The van der Waals surface area contributed by atoms with Crippen LogP contribution in [-0.2, 0) is 0 Å². The van der Waals surface area contributed by atoms with Crippen molar-refractivity contribution in [1.29, 1.82) is 0 Å². The van der Waals surface area contributed by atoms with Gasteiger partial charge in [0.2, 0.25) is 5.78 Å².